The second kappa shape index (κ2) is 6.57. The molecule has 1 aromatic heterocycles. The van der Waals surface area contributed by atoms with Crippen molar-refractivity contribution < 1.29 is 18.7 Å². The van der Waals surface area contributed by atoms with Crippen LogP contribution >= 0.6 is 0 Å². The number of benzene rings is 1. The van der Waals surface area contributed by atoms with Crippen LogP contribution in [0.1, 0.15) is 31.2 Å². The molecule has 2 N–H and O–H groups in total. The molecule has 142 valence electrons. The van der Waals surface area contributed by atoms with Crippen molar-refractivity contribution in [1.82, 2.24) is 0 Å². The number of hydrogen-bond acceptors (Lipinski definition) is 7. The van der Waals surface area contributed by atoms with Crippen LogP contribution in [0.3, 0.4) is 0 Å². The summed E-state index contributed by atoms with van der Waals surface area (Å²) in [5, 5.41) is 10.0. The van der Waals surface area contributed by atoms with Gasteiger partial charge in [-0.2, -0.15) is 5.26 Å². The quantitative estimate of drug-likeness (QED) is 0.799. The number of nitrogens with zero attached hydrogens (tertiary/aromatic N) is 1. The van der Waals surface area contributed by atoms with Crippen LogP contribution in [0.2, 0.25) is 0 Å². The van der Waals surface area contributed by atoms with Gasteiger partial charge in [-0.15, -0.1) is 0 Å². The number of carbonyl (C=O) groups is 1. The summed E-state index contributed by atoms with van der Waals surface area (Å²) in [4.78, 5) is 25.0. The molecule has 2 atom stereocenters. The Hall–Kier alpha value is -3.53. The van der Waals surface area contributed by atoms with Crippen LogP contribution in [0.4, 0.5) is 0 Å². The van der Waals surface area contributed by atoms with Gasteiger partial charge in [0.05, 0.1) is 12.7 Å². The van der Waals surface area contributed by atoms with E-state index in [1.807, 2.05) is 12.1 Å². The fraction of sp³-hybridized carbons (Fsp3) is 0.286. The highest BCUT2D eigenvalue weighted by molar-refractivity contribution is 5.99. The molecular formula is C21H18N2O5. The van der Waals surface area contributed by atoms with Crippen LogP contribution in [-0.2, 0) is 9.53 Å². The Morgan fingerprint density at radius 2 is 2.04 bits per heavy atom. The van der Waals surface area contributed by atoms with Crippen molar-refractivity contribution in [2.24, 2.45) is 11.7 Å². The maximum atomic E-state index is 12.9. The summed E-state index contributed by atoms with van der Waals surface area (Å²) in [7, 11) is 1.53. The first-order chi connectivity index (χ1) is 13.4. The molecular weight excluding hydrogens is 360 g/mol. The van der Waals surface area contributed by atoms with Gasteiger partial charge in [-0.05, 0) is 23.6 Å². The maximum absolute atomic E-state index is 12.9. The zero-order valence-electron chi connectivity index (χ0n) is 15.4. The lowest BCUT2D eigenvalue weighted by Crippen LogP contribution is -2.29. The topological polar surface area (TPSA) is 116 Å². The monoisotopic (exact) mass is 378 g/mol. The number of hydrogen-bond donors (Lipinski definition) is 1. The first kappa shape index (κ1) is 17.9. The first-order valence-corrected chi connectivity index (χ1v) is 8.88. The molecule has 0 fully saturated rings. The predicted molar refractivity (Wildman–Crippen MR) is 100 cm³/mol. The number of Topliss-reactive ketones (excluding diaryl/α,β-unsaturated/α-hetero) is 1. The number of ketones is 1. The number of allylic oxidation sites excluding steroid dienone is 3. The molecule has 1 aromatic carbocycles. The average Bonchev–Trinajstić information content (AvgIpc) is 2.66. The van der Waals surface area contributed by atoms with Crippen LogP contribution in [0.25, 0.3) is 11.0 Å². The number of carbonyl (C=O) groups excluding carboxylic acids is 1. The molecule has 0 bridgehead atoms. The maximum Gasteiger partial charge on any atom is 0.336 e. The molecule has 2 aliphatic rings. The zero-order chi connectivity index (χ0) is 20.0. The minimum Gasteiger partial charge on any atom is -0.497 e. The fourth-order valence-electron chi connectivity index (χ4n) is 4.02. The van der Waals surface area contributed by atoms with Gasteiger partial charge in [0.15, 0.2) is 5.78 Å². The highest BCUT2D eigenvalue weighted by Crippen LogP contribution is 2.43. The summed E-state index contributed by atoms with van der Waals surface area (Å²) in [6.07, 6.45) is 0.630. The largest absolute Gasteiger partial charge is 0.497 e. The zero-order valence-corrected chi connectivity index (χ0v) is 15.4. The van der Waals surface area contributed by atoms with Gasteiger partial charge >= 0.3 is 5.63 Å². The second-order valence-electron chi connectivity index (χ2n) is 6.96. The number of nitrogens with two attached hydrogens (primary N) is 1. The number of fused-ring (bicyclic) bond motifs is 1. The van der Waals surface area contributed by atoms with Crippen molar-refractivity contribution in [3.05, 3.63) is 63.0 Å². The Morgan fingerprint density at radius 1 is 1.25 bits per heavy atom. The van der Waals surface area contributed by atoms with Crippen molar-refractivity contribution in [2.75, 3.05) is 7.11 Å². The molecule has 7 heteroatoms. The highest BCUT2D eigenvalue weighted by atomic mass is 16.5. The summed E-state index contributed by atoms with van der Waals surface area (Å²) < 4.78 is 16.1. The van der Waals surface area contributed by atoms with Gasteiger partial charge in [0.25, 0.3) is 0 Å². The molecule has 0 amide bonds. The van der Waals surface area contributed by atoms with E-state index < -0.39 is 11.5 Å². The van der Waals surface area contributed by atoms with E-state index >= 15 is 0 Å². The summed E-state index contributed by atoms with van der Waals surface area (Å²) in [6, 6.07) is 8.68. The molecule has 0 radical (unpaired) electrons. The van der Waals surface area contributed by atoms with E-state index in [0.717, 1.165) is 10.9 Å². The lowest BCUT2D eigenvalue weighted by atomic mass is 9.76. The molecule has 1 aliphatic carbocycles. The van der Waals surface area contributed by atoms with E-state index in [4.69, 9.17) is 19.6 Å². The average molecular weight is 378 g/mol. The van der Waals surface area contributed by atoms with Crippen molar-refractivity contribution in [3.8, 4) is 11.8 Å². The van der Waals surface area contributed by atoms with Crippen LogP contribution in [0, 0.1) is 17.2 Å². The van der Waals surface area contributed by atoms with Crippen molar-refractivity contribution >= 4 is 16.8 Å². The first-order valence-electron chi connectivity index (χ1n) is 8.88. The van der Waals surface area contributed by atoms with E-state index in [2.05, 4.69) is 0 Å². The summed E-state index contributed by atoms with van der Waals surface area (Å²) in [5.41, 5.74) is 7.27. The predicted octanol–water partition coefficient (Wildman–Crippen LogP) is 2.86. The molecule has 2 aromatic rings. The van der Waals surface area contributed by atoms with Gasteiger partial charge in [0.1, 0.15) is 23.2 Å². The van der Waals surface area contributed by atoms with Gasteiger partial charge in [-0.3, -0.25) is 4.79 Å². The number of methoxy groups -OCH3 is 1. The Kier molecular flexibility index (Phi) is 4.19. The standard InChI is InChI=1S/C21H18N2O5/c1-10-15(9-22)21(23)28-18-6-11(5-16(24)20(10)18)14-8-19(25)27-17-7-12(26-2)3-4-13(14)17/h3-4,7-8,10-11H,5-6,23H2,1-2H3. The molecule has 2 heterocycles. The van der Waals surface area contributed by atoms with E-state index in [0.29, 0.717) is 29.1 Å². The third-order valence-corrected chi connectivity index (χ3v) is 5.37. The van der Waals surface area contributed by atoms with E-state index in [1.165, 1.54) is 13.2 Å². The molecule has 0 saturated carbocycles. The number of ether oxygens (including phenoxy) is 2. The van der Waals surface area contributed by atoms with Crippen LogP contribution in [0.5, 0.6) is 5.75 Å². The van der Waals surface area contributed by atoms with E-state index in [-0.39, 0.29) is 29.6 Å². The van der Waals surface area contributed by atoms with Crippen molar-refractivity contribution in [3.63, 3.8) is 0 Å². The Bertz CT molecular complexity index is 1170. The molecule has 0 spiro atoms. The van der Waals surface area contributed by atoms with E-state index in [1.54, 1.807) is 19.1 Å². The molecule has 28 heavy (non-hydrogen) atoms. The minimum atomic E-state index is -0.493. The van der Waals surface area contributed by atoms with Gasteiger partial charge in [-0.1, -0.05) is 6.92 Å². The molecule has 0 saturated heterocycles. The van der Waals surface area contributed by atoms with Crippen LogP contribution in [-0.4, -0.2) is 12.9 Å². The molecule has 1 aliphatic heterocycles. The SMILES string of the molecule is COc1ccc2c(C3CC(=O)C4=C(C3)OC(N)=C(C#N)C4C)cc(=O)oc2c1. The lowest BCUT2D eigenvalue weighted by molar-refractivity contribution is -0.117. The Balaban J connectivity index is 1.79. The van der Waals surface area contributed by atoms with Gasteiger partial charge < -0.3 is 19.6 Å². The number of rotatable bonds is 2. The number of nitriles is 1. The molecule has 2 unspecified atom stereocenters. The smallest absolute Gasteiger partial charge is 0.336 e. The third kappa shape index (κ3) is 2.74. The second-order valence-corrected chi connectivity index (χ2v) is 6.96. The summed E-state index contributed by atoms with van der Waals surface area (Å²) in [5.74, 6) is 0.321. The normalized spacial score (nSPS) is 22.0. The fourth-order valence-corrected chi connectivity index (χ4v) is 4.02. The third-order valence-electron chi connectivity index (χ3n) is 5.37. The summed E-state index contributed by atoms with van der Waals surface area (Å²) in [6.45, 7) is 1.78. The minimum absolute atomic E-state index is 0.0318. The lowest BCUT2D eigenvalue weighted by Gasteiger charge is -2.32. The van der Waals surface area contributed by atoms with Crippen LogP contribution in [0.15, 0.2) is 56.3 Å². The Morgan fingerprint density at radius 3 is 2.75 bits per heavy atom. The summed E-state index contributed by atoms with van der Waals surface area (Å²) >= 11 is 0. The van der Waals surface area contributed by atoms with Gasteiger partial charge in [0, 0.05) is 41.9 Å². The van der Waals surface area contributed by atoms with Crippen LogP contribution < -0.4 is 16.1 Å². The van der Waals surface area contributed by atoms with Crippen molar-refractivity contribution in [2.45, 2.75) is 25.7 Å². The van der Waals surface area contributed by atoms with Gasteiger partial charge in [0.2, 0.25) is 5.88 Å². The van der Waals surface area contributed by atoms with Crippen molar-refractivity contribution in [1.29, 1.82) is 5.26 Å². The van der Waals surface area contributed by atoms with E-state index in [9.17, 15) is 14.9 Å². The van der Waals surface area contributed by atoms with Gasteiger partial charge in [-0.25, -0.2) is 4.79 Å². The molecule has 7 nitrogen and oxygen atoms in total. The highest BCUT2D eigenvalue weighted by Gasteiger charge is 2.38. The Labute approximate surface area is 160 Å². The molecule has 4 rings (SSSR count).